The predicted octanol–water partition coefficient (Wildman–Crippen LogP) is -0.346. The lowest BCUT2D eigenvalue weighted by Gasteiger charge is -2.47. The zero-order chi connectivity index (χ0) is 18.1. The maximum Gasteiger partial charge on any atom is 0.243 e. The van der Waals surface area contributed by atoms with Gasteiger partial charge in [-0.1, -0.05) is 0 Å². The van der Waals surface area contributed by atoms with Crippen LogP contribution in [-0.2, 0) is 9.53 Å². The van der Waals surface area contributed by atoms with E-state index in [-0.39, 0.29) is 36.4 Å². The maximum atomic E-state index is 11.8. The number of amides is 1. The minimum Gasteiger partial charge on any atom is -0.382 e. The van der Waals surface area contributed by atoms with Crippen molar-refractivity contribution in [1.82, 2.24) is 25.3 Å². The molecule has 2 N–H and O–H groups in total. The number of fused-ring (bicyclic) bond motifs is 3. The highest BCUT2D eigenvalue weighted by molar-refractivity contribution is 14.0. The van der Waals surface area contributed by atoms with Crippen molar-refractivity contribution in [1.29, 1.82) is 0 Å². The van der Waals surface area contributed by atoms with Crippen LogP contribution in [-0.4, -0.2) is 112 Å². The van der Waals surface area contributed by atoms with Gasteiger partial charge in [-0.2, -0.15) is 0 Å². The Balaban J connectivity index is 0.00000338. The van der Waals surface area contributed by atoms with Gasteiger partial charge >= 0.3 is 0 Å². The third-order valence-corrected chi connectivity index (χ3v) is 4.73. The predicted molar refractivity (Wildman–Crippen MR) is 115 cm³/mol. The second-order valence-electron chi connectivity index (χ2n) is 6.80. The van der Waals surface area contributed by atoms with Crippen LogP contribution >= 0.6 is 24.0 Å². The summed E-state index contributed by atoms with van der Waals surface area (Å²) in [5.74, 6) is 0.714. The molecule has 0 aromatic carbocycles. The number of halogens is 1. The zero-order valence-electron chi connectivity index (χ0n) is 16.4. The Labute approximate surface area is 174 Å². The van der Waals surface area contributed by atoms with E-state index in [9.17, 15) is 4.79 Å². The zero-order valence-corrected chi connectivity index (χ0v) is 18.7. The van der Waals surface area contributed by atoms with E-state index in [2.05, 4.69) is 25.4 Å². The SMILES string of the molecule is CCOCCCNC(=NCC(=O)N(C)C)NCC1CN2CCN1CC2.I. The molecule has 2 bridgehead atoms. The van der Waals surface area contributed by atoms with Gasteiger partial charge in [-0.05, 0) is 13.3 Å². The van der Waals surface area contributed by atoms with Crippen LogP contribution in [0.2, 0.25) is 0 Å². The standard InChI is InChI=1S/C17H34N6O2.HI/c1-4-25-11-5-6-18-17(20-13-16(24)21(2)3)19-12-15-14-22-7-9-23(15)10-8-22;/h15H,4-14H2,1-3H3,(H2,18,19,20);1H. The number of likely N-dealkylation sites (N-methyl/N-ethyl adjacent to an activating group) is 1. The Morgan fingerprint density at radius 2 is 1.96 bits per heavy atom. The molecule has 0 saturated carbocycles. The molecule has 9 heteroatoms. The highest BCUT2D eigenvalue weighted by atomic mass is 127. The van der Waals surface area contributed by atoms with Crippen LogP contribution in [0, 0.1) is 0 Å². The van der Waals surface area contributed by atoms with Gasteiger partial charge in [0.25, 0.3) is 0 Å². The van der Waals surface area contributed by atoms with Gasteiger partial charge in [-0.15, -0.1) is 24.0 Å². The third kappa shape index (κ3) is 7.93. The smallest absolute Gasteiger partial charge is 0.243 e. The summed E-state index contributed by atoms with van der Waals surface area (Å²) in [6.45, 7) is 11.1. The van der Waals surface area contributed by atoms with Crippen molar-refractivity contribution in [3.8, 4) is 0 Å². The molecule has 1 unspecified atom stereocenters. The molecule has 3 rings (SSSR count). The number of carbonyl (C=O) groups excluding carboxylic acids is 1. The van der Waals surface area contributed by atoms with Crippen molar-refractivity contribution < 1.29 is 9.53 Å². The molecular formula is C17H35IN6O2. The molecule has 152 valence electrons. The van der Waals surface area contributed by atoms with Crippen LogP contribution in [0.1, 0.15) is 13.3 Å². The third-order valence-electron chi connectivity index (χ3n) is 4.73. The van der Waals surface area contributed by atoms with Crippen molar-refractivity contribution in [3.63, 3.8) is 0 Å². The van der Waals surface area contributed by atoms with Crippen molar-refractivity contribution in [2.75, 3.05) is 79.7 Å². The lowest BCUT2D eigenvalue weighted by atomic mass is 10.1. The lowest BCUT2D eigenvalue weighted by Crippen LogP contribution is -2.63. The first kappa shape index (κ1) is 23.4. The molecule has 0 aromatic rings. The van der Waals surface area contributed by atoms with Crippen molar-refractivity contribution >= 4 is 35.8 Å². The summed E-state index contributed by atoms with van der Waals surface area (Å²) >= 11 is 0. The second-order valence-corrected chi connectivity index (χ2v) is 6.80. The van der Waals surface area contributed by atoms with E-state index in [4.69, 9.17) is 4.74 Å². The summed E-state index contributed by atoms with van der Waals surface area (Å²) in [4.78, 5) is 22.9. The van der Waals surface area contributed by atoms with E-state index in [1.807, 2.05) is 6.92 Å². The normalized spacial score (nSPS) is 24.7. The minimum absolute atomic E-state index is 0. The first-order valence-electron chi connectivity index (χ1n) is 9.36. The molecule has 0 radical (unpaired) electrons. The number of piperazine rings is 3. The van der Waals surface area contributed by atoms with E-state index >= 15 is 0 Å². The van der Waals surface area contributed by atoms with Crippen molar-refractivity contribution in [2.45, 2.75) is 19.4 Å². The molecule has 3 saturated heterocycles. The average molecular weight is 482 g/mol. The van der Waals surface area contributed by atoms with Crippen LogP contribution in [0.25, 0.3) is 0 Å². The van der Waals surface area contributed by atoms with Crippen LogP contribution in [0.5, 0.6) is 0 Å². The van der Waals surface area contributed by atoms with Crippen LogP contribution < -0.4 is 10.6 Å². The molecule has 0 spiro atoms. The van der Waals surface area contributed by atoms with Gasteiger partial charge in [0, 0.05) is 79.2 Å². The quantitative estimate of drug-likeness (QED) is 0.203. The van der Waals surface area contributed by atoms with Gasteiger partial charge in [0.15, 0.2) is 5.96 Å². The van der Waals surface area contributed by atoms with Crippen LogP contribution in [0.3, 0.4) is 0 Å². The van der Waals surface area contributed by atoms with E-state index < -0.39 is 0 Å². The molecule has 26 heavy (non-hydrogen) atoms. The number of guanidine groups is 1. The molecule has 3 aliphatic rings. The number of carbonyl (C=O) groups is 1. The molecule has 3 fully saturated rings. The Kier molecular flexibility index (Phi) is 11.4. The molecular weight excluding hydrogens is 447 g/mol. The number of rotatable bonds is 9. The monoisotopic (exact) mass is 482 g/mol. The summed E-state index contributed by atoms with van der Waals surface area (Å²) in [5.41, 5.74) is 0. The van der Waals surface area contributed by atoms with Crippen LogP contribution in [0.4, 0.5) is 0 Å². The van der Waals surface area contributed by atoms with Gasteiger partial charge in [-0.25, -0.2) is 4.99 Å². The Morgan fingerprint density at radius 3 is 2.54 bits per heavy atom. The molecule has 0 aliphatic carbocycles. The summed E-state index contributed by atoms with van der Waals surface area (Å²) in [7, 11) is 3.50. The Morgan fingerprint density at radius 1 is 1.23 bits per heavy atom. The molecule has 8 nitrogen and oxygen atoms in total. The number of hydrogen-bond acceptors (Lipinski definition) is 5. The molecule has 3 aliphatic heterocycles. The second kappa shape index (κ2) is 12.7. The van der Waals surface area contributed by atoms with Crippen molar-refractivity contribution in [2.24, 2.45) is 4.99 Å². The lowest BCUT2D eigenvalue weighted by molar-refractivity contribution is -0.127. The summed E-state index contributed by atoms with van der Waals surface area (Å²) in [6.07, 6.45) is 0.916. The summed E-state index contributed by atoms with van der Waals surface area (Å²) in [5, 5.41) is 6.73. The van der Waals surface area contributed by atoms with Gasteiger partial charge in [0.05, 0.1) is 0 Å². The number of aliphatic imine (C=N–C) groups is 1. The Bertz CT molecular complexity index is 441. The number of hydrogen-bond donors (Lipinski definition) is 2. The first-order chi connectivity index (χ1) is 12.1. The fourth-order valence-electron chi connectivity index (χ4n) is 3.12. The number of nitrogens with zero attached hydrogens (tertiary/aromatic N) is 4. The first-order valence-corrected chi connectivity index (χ1v) is 9.36. The number of ether oxygens (including phenoxy) is 1. The topological polar surface area (TPSA) is 72.4 Å². The highest BCUT2D eigenvalue weighted by Crippen LogP contribution is 2.14. The molecule has 3 heterocycles. The molecule has 0 aromatic heterocycles. The van der Waals surface area contributed by atoms with Gasteiger partial charge in [0.1, 0.15) is 6.54 Å². The fourth-order valence-corrected chi connectivity index (χ4v) is 3.12. The van der Waals surface area contributed by atoms with Gasteiger partial charge in [-0.3, -0.25) is 14.6 Å². The van der Waals surface area contributed by atoms with Gasteiger partial charge in [0.2, 0.25) is 5.91 Å². The summed E-state index contributed by atoms with van der Waals surface area (Å²) < 4.78 is 5.36. The van der Waals surface area contributed by atoms with E-state index in [0.29, 0.717) is 12.0 Å². The minimum atomic E-state index is 0. The summed E-state index contributed by atoms with van der Waals surface area (Å²) in [6, 6.07) is 0.516. The van der Waals surface area contributed by atoms with Gasteiger partial charge < -0.3 is 20.3 Å². The maximum absolute atomic E-state index is 11.8. The average Bonchev–Trinajstić information content (AvgIpc) is 2.63. The highest BCUT2D eigenvalue weighted by Gasteiger charge is 2.31. The number of nitrogens with one attached hydrogen (secondary N) is 2. The fraction of sp³-hybridized carbons (Fsp3) is 0.882. The Hall–Kier alpha value is -0.650. The van der Waals surface area contributed by atoms with Crippen molar-refractivity contribution in [3.05, 3.63) is 0 Å². The van der Waals surface area contributed by atoms with Crippen LogP contribution in [0.15, 0.2) is 4.99 Å². The van der Waals surface area contributed by atoms with E-state index in [1.165, 1.54) is 13.1 Å². The van der Waals surface area contributed by atoms with E-state index in [1.54, 1.807) is 19.0 Å². The van der Waals surface area contributed by atoms with E-state index in [0.717, 1.165) is 52.4 Å². The largest absolute Gasteiger partial charge is 0.382 e. The molecule has 1 atom stereocenters. The molecule has 1 amide bonds.